The van der Waals surface area contributed by atoms with Crippen molar-refractivity contribution in [2.45, 2.75) is 17.9 Å². The lowest BCUT2D eigenvalue weighted by Gasteiger charge is -2.29. The molecular formula is C20H19FN2O5S. The van der Waals surface area contributed by atoms with E-state index in [0.717, 1.165) is 0 Å². The minimum atomic E-state index is -3.85. The Morgan fingerprint density at radius 3 is 2.38 bits per heavy atom. The van der Waals surface area contributed by atoms with Crippen LogP contribution in [-0.4, -0.2) is 32.8 Å². The van der Waals surface area contributed by atoms with Gasteiger partial charge in [-0.1, -0.05) is 30.3 Å². The van der Waals surface area contributed by atoms with Gasteiger partial charge in [-0.25, -0.2) is 22.4 Å². The van der Waals surface area contributed by atoms with Gasteiger partial charge < -0.3 is 15.4 Å². The fourth-order valence-electron chi connectivity index (χ4n) is 2.99. The number of esters is 1. The lowest BCUT2D eigenvalue weighted by Crippen LogP contribution is -2.47. The molecule has 9 heteroatoms. The summed E-state index contributed by atoms with van der Waals surface area (Å²) in [7, 11) is -3.85. The number of benzene rings is 2. The van der Waals surface area contributed by atoms with E-state index >= 15 is 0 Å². The minimum Gasteiger partial charge on any atom is -0.463 e. The van der Waals surface area contributed by atoms with E-state index in [2.05, 4.69) is 10.6 Å². The number of rotatable bonds is 6. The summed E-state index contributed by atoms with van der Waals surface area (Å²) in [6, 6.07) is 11.2. The molecule has 0 saturated carbocycles. The predicted octanol–water partition coefficient (Wildman–Crippen LogP) is 2.47. The Bertz CT molecular complexity index is 1050. The molecule has 2 aromatic rings. The van der Waals surface area contributed by atoms with Crippen LogP contribution in [0.1, 0.15) is 18.5 Å². The van der Waals surface area contributed by atoms with Gasteiger partial charge in [0.25, 0.3) is 0 Å². The van der Waals surface area contributed by atoms with E-state index in [1.807, 2.05) is 0 Å². The third-order valence-electron chi connectivity index (χ3n) is 4.29. The van der Waals surface area contributed by atoms with Gasteiger partial charge in [0.2, 0.25) is 0 Å². The molecule has 2 N–H and O–H groups in total. The monoisotopic (exact) mass is 418 g/mol. The van der Waals surface area contributed by atoms with Crippen LogP contribution in [0.3, 0.4) is 0 Å². The van der Waals surface area contributed by atoms with Crippen molar-refractivity contribution >= 4 is 21.8 Å². The van der Waals surface area contributed by atoms with Crippen molar-refractivity contribution in [3.63, 3.8) is 0 Å². The Labute approximate surface area is 167 Å². The Morgan fingerprint density at radius 2 is 1.76 bits per heavy atom. The maximum atomic E-state index is 13.3. The number of urea groups is 1. The highest BCUT2D eigenvalue weighted by molar-refractivity contribution is 7.91. The zero-order valence-corrected chi connectivity index (χ0v) is 16.3. The first-order valence-electron chi connectivity index (χ1n) is 8.82. The Kier molecular flexibility index (Phi) is 5.97. The number of hydrogen-bond donors (Lipinski definition) is 2. The average Bonchev–Trinajstić information content (AvgIpc) is 2.68. The van der Waals surface area contributed by atoms with Crippen LogP contribution in [-0.2, 0) is 19.4 Å². The van der Waals surface area contributed by atoms with Crippen LogP contribution < -0.4 is 10.6 Å². The highest BCUT2D eigenvalue weighted by atomic mass is 32.2. The topological polar surface area (TPSA) is 102 Å². The quantitative estimate of drug-likeness (QED) is 0.702. The second-order valence-electron chi connectivity index (χ2n) is 6.27. The zero-order valence-electron chi connectivity index (χ0n) is 15.5. The number of amides is 2. The number of sulfone groups is 1. The lowest BCUT2D eigenvalue weighted by molar-refractivity contribution is -0.139. The molecule has 0 saturated heterocycles. The Morgan fingerprint density at radius 1 is 1.10 bits per heavy atom. The Balaban J connectivity index is 2.09. The molecule has 0 fully saturated rings. The summed E-state index contributed by atoms with van der Waals surface area (Å²) < 4.78 is 44.0. The molecule has 29 heavy (non-hydrogen) atoms. The van der Waals surface area contributed by atoms with Crippen LogP contribution >= 0.6 is 0 Å². The van der Waals surface area contributed by atoms with Crippen LogP contribution in [0, 0.1) is 5.82 Å². The van der Waals surface area contributed by atoms with Crippen molar-refractivity contribution in [3.05, 3.63) is 77.2 Å². The van der Waals surface area contributed by atoms with Gasteiger partial charge in [0.05, 0.1) is 28.9 Å². The molecule has 3 rings (SSSR count). The fourth-order valence-corrected chi connectivity index (χ4v) is 4.33. The number of nitrogens with one attached hydrogen (secondary N) is 2. The van der Waals surface area contributed by atoms with Gasteiger partial charge in [0.15, 0.2) is 9.84 Å². The molecule has 152 valence electrons. The second kappa shape index (κ2) is 8.44. The van der Waals surface area contributed by atoms with Crippen LogP contribution in [0.25, 0.3) is 0 Å². The third kappa shape index (κ3) is 4.62. The zero-order chi connectivity index (χ0) is 21.0. The number of hydrogen-bond acceptors (Lipinski definition) is 5. The lowest BCUT2D eigenvalue weighted by atomic mass is 9.95. The van der Waals surface area contributed by atoms with Gasteiger partial charge in [0, 0.05) is 5.70 Å². The third-order valence-corrected chi connectivity index (χ3v) is 5.95. The molecule has 1 atom stereocenters. The van der Waals surface area contributed by atoms with Gasteiger partial charge in [-0.3, -0.25) is 0 Å². The molecule has 0 aromatic heterocycles. The van der Waals surface area contributed by atoms with E-state index in [0.29, 0.717) is 5.56 Å². The molecule has 1 unspecified atom stereocenters. The Hall–Kier alpha value is -3.20. The number of halogens is 1. The van der Waals surface area contributed by atoms with Gasteiger partial charge in [-0.05, 0) is 36.8 Å². The molecular weight excluding hydrogens is 399 g/mol. The van der Waals surface area contributed by atoms with Gasteiger partial charge in [-0.15, -0.1) is 0 Å². The maximum Gasteiger partial charge on any atom is 0.338 e. The van der Waals surface area contributed by atoms with Crippen molar-refractivity contribution < 1.29 is 27.1 Å². The van der Waals surface area contributed by atoms with E-state index in [4.69, 9.17) is 4.74 Å². The van der Waals surface area contributed by atoms with Crippen molar-refractivity contribution in [2.75, 3.05) is 12.4 Å². The molecule has 1 aliphatic rings. The second-order valence-corrected chi connectivity index (χ2v) is 8.26. The van der Waals surface area contributed by atoms with Crippen LogP contribution in [0.2, 0.25) is 0 Å². The molecule has 1 heterocycles. The van der Waals surface area contributed by atoms with E-state index in [-0.39, 0.29) is 22.8 Å². The molecule has 0 aliphatic carbocycles. The first-order valence-corrected chi connectivity index (χ1v) is 10.5. The molecule has 2 aromatic carbocycles. The smallest absolute Gasteiger partial charge is 0.338 e. The highest BCUT2D eigenvalue weighted by Gasteiger charge is 2.35. The van der Waals surface area contributed by atoms with Crippen LogP contribution in [0.5, 0.6) is 0 Å². The van der Waals surface area contributed by atoms with Crippen molar-refractivity contribution in [1.29, 1.82) is 0 Å². The van der Waals surface area contributed by atoms with Crippen LogP contribution in [0.15, 0.2) is 70.8 Å². The summed E-state index contributed by atoms with van der Waals surface area (Å²) >= 11 is 0. The molecule has 0 spiro atoms. The standard InChI is InChI=1S/C20H19FN2O5S/c1-2-28-19(24)17-16(12-29(26,27)15-6-4-3-5-7-15)22-20(25)23-18(17)13-8-10-14(21)11-9-13/h3-11,18H,2,12H2,1H3,(H2,22,23,25). The summed E-state index contributed by atoms with van der Waals surface area (Å²) in [5, 5.41) is 4.99. The van der Waals surface area contributed by atoms with Gasteiger partial charge in [0.1, 0.15) is 5.82 Å². The van der Waals surface area contributed by atoms with E-state index in [1.54, 1.807) is 25.1 Å². The molecule has 0 bridgehead atoms. The summed E-state index contributed by atoms with van der Waals surface area (Å²) in [6.45, 7) is 1.67. The normalized spacial score (nSPS) is 16.8. The highest BCUT2D eigenvalue weighted by Crippen LogP contribution is 2.29. The maximum absolute atomic E-state index is 13.3. The SMILES string of the molecule is CCOC(=O)C1=C(CS(=O)(=O)c2ccccc2)NC(=O)NC1c1ccc(F)cc1. The number of carbonyl (C=O) groups is 2. The van der Waals surface area contributed by atoms with Crippen molar-refractivity contribution in [1.82, 2.24) is 10.6 Å². The summed E-state index contributed by atoms with van der Waals surface area (Å²) in [5.41, 5.74) is 0.293. The minimum absolute atomic E-state index is 0.0439. The first-order chi connectivity index (χ1) is 13.8. The predicted molar refractivity (Wildman–Crippen MR) is 103 cm³/mol. The average molecular weight is 418 g/mol. The molecule has 1 aliphatic heterocycles. The molecule has 0 radical (unpaired) electrons. The molecule has 2 amide bonds. The largest absolute Gasteiger partial charge is 0.463 e. The first kappa shape index (κ1) is 20.5. The van der Waals surface area contributed by atoms with E-state index in [1.165, 1.54) is 36.4 Å². The van der Waals surface area contributed by atoms with Crippen molar-refractivity contribution in [3.8, 4) is 0 Å². The molecule has 7 nitrogen and oxygen atoms in total. The van der Waals surface area contributed by atoms with Crippen LogP contribution in [0.4, 0.5) is 9.18 Å². The number of ether oxygens (including phenoxy) is 1. The fraction of sp³-hybridized carbons (Fsp3) is 0.200. The summed E-state index contributed by atoms with van der Waals surface area (Å²) in [5.74, 6) is -1.86. The van der Waals surface area contributed by atoms with Crippen molar-refractivity contribution in [2.24, 2.45) is 0 Å². The summed E-state index contributed by atoms with van der Waals surface area (Å²) in [4.78, 5) is 24.9. The van der Waals surface area contributed by atoms with E-state index < -0.39 is 39.4 Å². The van der Waals surface area contributed by atoms with E-state index in [9.17, 15) is 22.4 Å². The number of carbonyl (C=O) groups excluding carboxylic acids is 2. The van der Waals surface area contributed by atoms with Gasteiger partial charge in [-0.2, -0.15) is 0 Å². The van der Waals surface area contributed by atoms with Gasteiger partial charge >= 0.3 is 12.0 Å². The summed E-state index contributed by atoms with van der Waals surface area (Å²) in [6.07, 6.45) is 0.